The molecule has 8 nitrogen and oxygen atoms in total. The largest absolute Gasteiger partial charge is 0.416 e. The van der Waals surface area contributed by atoms with Gasteiger partial charge < -0.3 is 27.0 Å². The van der Waals surface area contributed by atoms with E-state index in [-0.39, 0.29) is 18.2 Å². The number of benzene rings is 2. The Balaban J connectivity index is 1.67. The molecule has 3 aromatic rings. The fraction of sp³-hybridized carbons (Fsp3) is 0.414. The first-order chi connectivity index (χ1) is 19.1. The summed E-state index contributed by atoms with van der Waals surface area (Å²) in [4.78, 5) is 31.6. The van der Waals surface area contributed by atoms with Gasteiger partial charge >= 0.3 is 6.18 Å². The zero-order chi connectivity index (χ0) is 29.1. The molecule has 2 amide bonds. The minimum absolute atomic E-state index is 0.107. The van der Waals surface area contributed by atoms with Crippen molar-refractivity contribution in [2.75, 3.05) is 38.0 Å². The third-order valence-corrected chi connectivity index (χ3v) is 6.65. The maximum absolute atomic E-state index is 13.1. The summed E-state index contributed by atoms with van der Waals surface area (Å²) >= 11 is 0. The van der Waals surface area contributed by atoms with Crippen molar-refractivity contribution in [2.45, 2.75) is 38.4 Å². The van der Waals surface area contributed by atoms with Crippen molar-refractivity contribution in [3.8, 4) is 0 Å². The highest BCUT2D eigenvalue weighted by molar-refractivity contribution is 5.82. The maximum Gasteiger partial charge on any atom is 0.416 e. The highest BCUT2D eigenvalue weighted by Crippen LogP contribution is 2.29. The van der Waals surface area contributed by atoms with Crippen LogP contribution in [0.1, 0.15) is 30.9 Å². The van der Waals surface area contributed by atoms with Crippen molar-refractivity contribution < 1.29 is 22.8 Å². The van der Waals surface area contributed by atoms with E-state index in [1.165, 1.54) is 12.1 Å². The van der Waals surface area contributed by atoms with Crippen LogP contribution in [0.15, 0.2) is 60.8 Å². The highest BCUT2D eigenvalue weighted by atomic mass is 19.4. The quantitative estimate of drug-likeness (QED) is 0.240. The second-order valence-electron chi connectivity index (χ2n) is 9.79. The number of fused-ring (bicyclic) bond motifs is 1. The van der Waals surface area contributed by atoms with Gasteiger partial charge in [-0.2, -0.15) is 13.2 Å². The molecule has 1 heterocycles. The molecule has 2 unspecified atom stereocenters. The number of hydrogen-bond acceptors (Lipinski definition) is 6. The molecule has 0 spiro atoms. The van der Waals surface area contributed by atoms with Gasteiger partial charge in [-0.25, -0.2) is 0 Å². The molecule has 0 bridgehead atoms. The number of alkyl halides is 3. The number of nitrogens with zero attached hydrogens (tertiary/aromatic N) is 2. The summed E-state index contributed by atoms with van der Waals surface area (Å²) in [6, 6.07) is 14.0. The van der Waals surface area contributed by atoms with E-state index < -0.39 is 23.7 Å². The van der Waals surface area contributed by atoms with Crippen LogP contribution in [0.5, 0.6) is 0 Å². The molecule has 0 saturated heterocycles. The minimum Gasteiger partial charge on any atom is -0.383 e. The van der Waals surface area contributed by atoms with Crippen molar-refractivity contribution in [3.63, 3.8) is 0 Å². The molecule has 0 aliphatic heterocycles. The van der Waals surface area contributed by atoms with Gasteiger partial charge in [-0.05, 0) is 54.8 Å². The van der Waals surface area contributed by atoms with Crippen molar-refractivity contribution in [2.24, 2.45) is 17.4 Å². The summed E-state index contributed by atoms with van der Waals surface area (Å²) in [5, 5.41) is 7.29. The van der Waals surface area contributed by atoms with E-state index in [4.69, 9.17) is 11.5 Å². The third-order valence-electron chi connectivity index (χ3n) is 6.65. The smallest absolute Gasteiger partial charge is 0.383 e. The Bertz CT molecular complexity index is 1250. The Morgan fingerprint density at radius 1 is 1.02 bits per heavy atom. The monoisotopic (exact) mass is 558 g/mol. The zero-order valence-electron chi connectivity index (χ0n) is 22.6. The van der Waals surface area contributed by atoms with E-state index in [2.05, 4.69) is 15.6 Å². The third kappa shape index (κ3) is 9.20. The number of carbonyl (C=O) groups is 2. The van der Waals surface area contributed by atoms with Gasteiger partial charge in [0.15, 0.2) is 0 Å². The van der Waals surface area contributed by atoms with E-state index >= 15 is 0 Å². The van der Waals surface area contributed by atoms with Gasteiger partial charge in [-0.3, -0.25) is 14.6 Å². The van der Waals surface area contributed by atoms with Crippen LogP contribution in [0.3, 0.4) is 0 Å². The van der Waals surface area contributed by atoms with Gasteiger partial charge in [-0.15, -0.1) is 0 Å². The fourth-order valence-corrected chi connectivity index (χ4v) is 4.36. The van der Waals surface area contributed by atoms with E-state index in [0.29, 0.717) is 51.1 Å². The molecular formula is C29H37F3N6O2. The van der Waals surface area contributed by atoms with Crippen LogP contribution in [0.25, 0.3) is 10.9 Å². The Morgan fingerprint density at radius 3 is 2.38 bits per heavy atom. The lowest BCUT2D eigenvalue weighted by molar-refractivity contribution is -0.137. The molecule has 2 atom stereocenters. The van der Waals surface area contributed by atoms with Gasteiger partial charge in [0.05, 0.1) is 17.1 Å². The lowest BCUT2D eigenvalue weighted by Gasteiger charge is -2.24. The summed E-state index contributed by atoms with van der Waals surface area (Å²) in [5.41, 5.74) is 12.8. The molecule has 0 saturated carbocycles. The van der Waals surface area contributed by atoms with E-state index in [1.54, 1.807) is 18.0 Å². The topological polar surface area (TPSA) is 126 Å². The second kappa shape index (κ2) is 14.6. The van der Waals surface area contributed by atoms with Gasteiger partial charge in [0.2, 0.25) is 11.8 Å². The number of nitrogens with two attached hydrogens (primary N) is 2. The van der Waals surface area contributed by atoms with Gasteiger partial charge in [0, 0.05) is 62.3 Å². The van der Waals surface area contributed by atoms with Gasteiger partial charge in [-0.1, -0.05) is 25.1 Å². The summed E-state index contributed by atoms with van der Waals surface area (Å²) in [6.07, 6.45) is -1.86. The number of amides is 2. The molecule has 3 rings (SSSR count). The fourth-order valence-electron chi connectivity index (χ4n) is 4.36. The van der Waals surface area contributed by atoms with Crippen LogP contribution < -0.4 is 22.1 Å². The molecule has 40 heavy (non-hydrogen) atoms. The molecule has 0 fully saturated rings. The van der Waals surface area contributed by atoms with Crippen molar-refractivity contribution in [1.29, 1.82) is 0 Å². The van der Waals surface area contributed by atoms with Crippen LogP contribution in [0.2, 0.25) is 0 Å². The van der Waals surface area contributed by atoms with Crippen molar-refractivity contribution in [1.82, 2.24) is 15.2 Å². The molecule has 216 valence electrons. The van der Waals surface area contributed by atoms with Gasteiger partial charge in [0.25, 0.3) is 0 Å². The van der Waals surface area contributed by atoms with Crippen molar-refractivity contribution >= 4 is 28.4 Å². The number of rotatable bonds is 14. The SMILES string of the molecule is CC(CCC(=O)N(CCN)CCN)C(=O)NC(CNc1ccc2ncccc2c1)Cc1ccc(C(F)(F)F)cc1. The number of halogens is 3. The lowest BCUT2D eigenvalue weighted by atomic mass is 10.0. The molecule has 11 heteroatoms. The Morgan fingerprint density at radius 2 is 1.73 bits per heavy atom. The number of aromatic nitrogens is 1. The van der Waals surface area contributed by atoms with Crippen LogP contribution >= 0.6 is 0 Å². The molecular weight excluding hydrogens is 521 g/mol. The Hall–Kier alpha value is -3.70. The van der Waals surface area contributed by atoms with Crippen LogP contribution in [-0.4, -0.2) is 60.5 Å². The average Bonchev–Trinajstić information content (AvgIpc) is 2.94. The molecule has 0 aliphatic rings. The Labute approximate surface area is 232 Å². The van der Waals surface area contributed by atoms with E-state index in [1.807, 2.05) is 30.3 Å². The number of pyridine rings is 1. The summed E-state index contributed by atoms with van der Waals surface area (Å²) in [5.74, 6) is -0.800. The highest BCUT2D eigenvalue weighted by Gasteiger charge is 2.30. The van der Waals surface area contributed by atoms with E-state index in [0.717, 1.165) is 28.7 Å². The molecule has 0 radical (unpaired) electrons. The first-order valence-electron chi connectivity index (χ1n) is 13.3. The summed E-state index contributed by atoms with van der Waals surface area (Å²) in [7, 11) is 0. The normalized spacial score (nSPS) is 13.1. The molecule has 1 aromatic heterocycles. The number of nitrogens with one attached hydrogen (secondary N) is 2. The molecule has 0 aliphatic carbocycles. The van der Waals surface area contributed by atoms with E-state index in [9.17, 15) is 22.8 Å². The number of hydrogen-bond donors (Lipinski definition) is 4. The second-order valence-corrected chi connectivity index (χ2v) is 9.79. The standard InChI is InChI=1S/C29H37F3N6O2/c1-20(4-11-27(39)38(15-12-33)16-13-34)28(40)37-25(17-21-5-7-23(8-6-21)29(30,31)32)19-36-24-9-10-26-22(18-24)3-2-14-35-26/h2-3,5-10,14,18,20,25,36H,4,11-13,15-17,19,33-34H2,1H3,(H,37,40). The molecule has 2 aromatic carbocycles. The number of carbonyl (C=O) groups excluding carboxylic acids is 2. The van der Waals surface area contributed by atoms with Crippen molar-refractivity contribution in [3.05, 3.63) is 71.9 Å². The van der Waals surface area contributed by atoms with Crippen LogP contribution in [0, 0.1) is 5.92 Å². The van der Waals surface area contributed by atoms with Crippen LogP contribution in [-0.2, 0) is 22.2 Å². The maximum atomic E-state index is 13.1. The Kier molecular flexibility index (Phi) is 11.3. The zero-order valence-corrected chi connectivity index (χ0v) is 22.6. The van der Waals surface area contributed by atoms with Gasteiger partial charge in [0.1, 0.15) is 0 Å². The van der Waals surface area contributed by atoms with Crippen LogP contribution in [0.4, 0.5) is 18.9 Å². The molecule has 6 N–H and O–H groups in total. The number of anilines is 1. The summed E-state index contributed by atoms with van der Waals surface area (Å²) < 4.78 is 39.1. The predicted octanol–water partition coefficient (Wildman–Crippen LogP) is 3.56. The average molecular weight is 559 g/mol. The minimum atomic E-state index is -4.42. The first kappa shape index (κ1) is 30.8. The first-order valence-corrected chi connectivity index (χ1v) is 13.3. The summed E-state index contributed by atoms with van der Waals surface area (Å²) in [6.45, 7) is 3.55. The predicted molar refractivity (Wildman–Crippen MR) is 150 cm³/mol. The lowest BCUT2D eigenvalue weighted by Crippen LogP contribution is -2.44.